The number of rotatable bonds is 6. The van der Waals surface area contributed by atoms with Gasteiger partial charge >= 0.3 is 106 Å². The predicted octanol–water partition coefficient (Wildman–Crippen LogP) is 11.6. The Balaban J connectivity index is 0.000000245. The van der Waals surface area contributed by atoms with Crippen LogP contribution in [0.2, 0.25) is 36.9 Å². The zero-order valence-electron chi connectivity index (χ0n) is 32.2. The standard InChI is InChI=1S/C31H32NOSi.C15H18GeN.Ir/c1-31(2,3)20-21-16-17-32-28(18-21)27-9-7-8-26-25-15-12-23(19-29(25)33-30(26)27)22-10-13-24(14-11-22)34(4,5)6;1-12-6-5-7-13(10-12)15-9-8-14(11-17-15)16(2,3)4;/h7-8,10-19H,20H2,1-6H3;5-6,8-11H,1-4H3;/q2*-1;. The molecule has 52 heavy (non-hydrogen) atoms. The number of pyridine rings is 2. The van der Waals surface area contributed by atoms with Crippen molar-refractivity contribution in [2.45, 2.75) is 71.0 Å². The summed E-state index contributed by atoms with van der Waals surface area (Å²) in [5.74, 6) is 7.15. The molecule has 3 aromatic heterocycles. The Hall–Kier alpha value is -3.61. The van der Waals surface area contributed by atoms with E-state index in [1.165, 1.54) is 31.8 Å². The average Bonchev–Trinajstić information content (AvgIpc) is 3.45. The molecular weight excluding hydrogens is 889 g/mol. The SMILES string of the molecule is CC(C)(C)Cc1ccnc(-c2[c-]ccc3c2oc2cc(-c4ccc([Si](C)(C)C)cc4)ccc23)c1.Cc1cc[c-]c(-c2cc[c]([Ge]([CH3])([CH3])[CH3])cn2)c1.[Ir]. The van der Waals surface area contributed by atoms with Crippen LogP contribution in [-0.4, -0.2) is 31.3 Å². The minimum atomic E-state index is -1.73. The van der Waals surface area contributed by atoms with Crippen molar-refractivity contribution in [2.75, 3.05) is 0 Å². The van der Waals surface area contributed by atoms with E-state index in [-0.39, 0.29) is 25.5 Å². The molecule has 0 fully saturated rings. The topological polar surface area (TPSA) is 38.9 Å². The van der Waals surface area contributed by atoms with Crippen molar-refractivity contribution < 1.29 is 24.5 Å². The average molecular weight is 940 g/mol. The Morgan fingerprint density at radius 3 is 2.08 bits per heavy atom. The Labute approximate surface area is 328 Å². The van der Waals surface area contributed by atoms with Crippen molar-refractivity contribution in [2.24, 2.45) is 5.41 Å². The van der Waals surface area contributed by atoms with Gasteiger partial charge in [-0.15, -0.1) is 18.2 Å². The molecule has 0 saturated carbocycles. The van der Waals surface area contributed by atoms with Gasteiger partial charge < -0.3 is 9.40 Å². The van der Waals surface area contributed by atoms with Crippen molar-refractivity contribution in [1.29, 1.82) is 0 Å². The van der Waals surface area contributed by atoms with Crippen LogP contribution in [0.4, 0.5) is 0 Å². The number of hydrogen-bond acceptors (Lipinski definition) is 3. The molecule has 7 rings (SSSR count). The molecule has 0 bridgehead atoms. The molecule has 0 amide bonds. The first-order chi connectivity index (χ1) is 24.0. The van der Waals surface area contributed by atoms with Crippen molar-refractivity contribution in [3.8, 4) is 33.6 Å². The van der Waals surface area contributed by atoms with E-state index in [1.807, 2.05) is 24.5 Å². The van der Waals surface area contributed by atoms with Crippen LogP contribution in [0.3, 0.4) is 0 Å². The predicted molar refractivity (Wildman–Crippen MR) is 224 cm³/mol. The maximum atomic E-state index is 6.45. The zero-order valence-corrected chi connectivity index (χ0v) is 37.7. The molecule has 0 N–H and O–H groups in total. The molecule has 3 nitrogen and oxygen atoms in total. The molecule has 1 radical (unpaired) electrons. The maximum Gasteiger partial charge on any atom is 0 e. The third kappa shape index (κ3) is 9.48. The van der Waals surface area contributed by atoms with Gasteiger partial charge in [-0.3, -0.25) is 0 Å². The van der Waals surface area contributed by atoms with Gasteiger partial charge in [0.05, 0.1) is 13.7 Å². The van der Waals surface area contributed by atoms with E-state index in [9.17, 15) is 0 Å². The second kappa shape index (κ2) is 15.8. The molecule has 0 aliphatic rings. The molecule has 4 aromatic carbocycles. The quantitative estimate of drug-likeness (QED) is 0.123. The Bertz CT molecular complexity index is 2290. The van der Waals surface area contributed by atoms with E-state index in [2.05, 4.69) is 172 Å². The third-order valence-electron chi connectivity index (χ3n) is 9.19. The second-order valence-corrected chi connectivity index (χ2v) is 32.7. The number of furan rings is 1. The van der Waals surface area contributed by atoms with Crippen LogP contribution in [0.25, 0.3) is 55.6 Å². The molecule has 0 atom stereocenters. The molecule has 0 spiro atoms. The van der Waals surface area contributed by atoms with Gasteiger partial charge in [-0.05, 0) is 40.8 Å². The summed E-state index contributed by atoms with van der Waals surface area (Å²) in [6.45, 7) is 16.0. The number of fused-ring (bicyclic) bond motifs is 3. The fourth-order valence-corrected chi connectivity index (χ4v) is 9.67. The molecule has 0 unspecified atom stereocenters. The van der Waals surface area contributed by atoms with E-state index in [0.717, 1.165) is 50.9 Å². The Morgan fingerprint density at radius 2 is 1.44 bits per heavy atom. The first-order valence-electron chi connectivity index (χ1n) is 17.9. The second-order valence-electron chi connectivity index (χ2n) is 17.0. The molecule has 6 heteroatoms. The maximum absolute atomic E-state index is 6.45. The number of aryl methyl sites for hydroxylation is 1. The first-order valence-corrected chi connectivity index (χ1v) is 28.8. The van der Waals surface area contributed by atoms with Gasteiger partial charge in [0, 0.05) is 31.7 Å². The van der Waals surface area contributed by atoms with Gasteiger partial charge in [-0.25, -0.2) is 0 Å². The molecule has 7 aromatic rings. The van der Waals surface area contributed by atoms with Gasteiger partial charge in [0.25, 0.3) is 0 Å². The van der Waals surface area contributed by atoms with Gasteiger partial charge in [0.2, 0.25) is 0 Å². The number of nitrogens with zero attached hydrogens (tertiary/aromatic N) is 2. The zero-order chi connectivity index (χ0) is 36.6. The van der Waals surface area contributed by atoms with E-state index >= 15 is 0 Å². The summed E-state index contributed by atoms with van der Waals surface area (Å²) in [6.07, 6.45) is 4.94. The fraction of sp³-hybridized carbons (Fsp3) is 0.261. The van der Waals surface area contributed by atoms with Crippen LogP contribution in [0.1, 0.15) is 31.9 Å². The summed E-state index contributed by atoms with van der Waals surface area (Å²) in [6, 6.07) is 41.1. The van der Waals surface area contributed by atoms with Crippen molar-refractivity contribution in [3.05, 3.63) is 133 Å². The van der Waals surface area contributed by atoms with Crippen LogP contribution >= 0.6 is 0 Å². The minimum Gasteiger partial charge on any atom is 0 e. The van der Waals surface area contributed by atoms with Crippen LogP contribution in [0.5, 0.6) is 0 Å². The van der Waals surface area contributed by atoms with E-state index in [0.29, 0.717) is 0 Å². The van der Waals surface area contributed by atoms with Crippen LogP contribution in [0, 0.1) is 24.5 Å². The minimum absolute atomic E-state index is 0. The van der Waals surface area contributed by atoms with Gasteiger partial charge in [0.15, 0.2) is 0 Å². The summed E-state index contributed by atoms with van der Waals surface area (Å²) >= 11 is -1.73. The summed E-state index contributed by atoms with van der Waals surface area (Å²) in [4.78, 5) is 9.24. The summed E-state index contributed by atoms with van der Waals surface area (Å²) in [7, 11) is -1.31. The fourth-order valence-electron chi connectivity index (χ4n) is 6.33. The first kappa shape index (κ1) is 39.6. The van der Waals surface area contributed by atoms with E-state index < -0.39 is 21.3 Å². The van der Waals surface area contributed by atoms with Crippen molar-refractivity contribution in [1.82, 2.24) is 9.97 Å². The van der Waals surface area contributed by atoms with E-state index in [4.69, 9.17) is 4.42 Å². The molecule has 3 heterocycles. The largest absolute Gasteiger partial charge is 0 e. The smallest absolute Gasteiger partial charge is 0 e. The molecule has 269 valence electrons. The Kier molecular flexibility index (Phi) is 12.0. The monoisotopic (exact) mass is 941 g/mol. The van der Waals surface area contributed by atoms with Crippen molar-refractivity contribution in [3.63, 3.8) is 0 Å². The number of benzene rings is 4. The Morgan fingerprint density at radius 1 is 0.731 bits per heavy atom. The van der Waals surface area contributed by atoms with Gasteiger partial charge in [-0.2, -0.15) is 0 Å². The number of hydrogen-bond donors (Lipinski definition) is 0. The number of aromatic nitrogens is 2. The van der Waals surface area contributed by atoms with Crippen LogP contribution in [-0.2, 0) is 26.5 Å². The molecule has 0 aliphatic carbocycles. The van der Waals surface area contributed by atoms with Crippen LogP contribution < -0.4 is 9.58 Å². The summed E-state index contributed by atoms with van der Waals surface area (Å²) in [5.41, 5.74) is 10.8. The molecular formula is C46H50GeIrN2OSi-2. The normalized spacial score (nSPS) is 12.0. The van der Waals surface area contributed by atoms with Gasteiger partial charge in [-0.1, -0.05) is 105 Å². The molecule has 0 aliphatic heterocycles. The van der Waals surface area contributed by atoms with E-state index in [1.54, 1.807) is 0 Å². The van der Waals surface area contributed by atoms with Crippen LogP contribution in [0.15, 0.2) is 114 Å². The third-order valence-corrected chi connectivity index (χ3v) is 15.5. The summed E-state index contributed by atoms with van der Waals surface area (Å²) in [5, 5.41) is 3.70. The summed E-state index contributed by atoms with van der Waals surface area (Å²) < 4.78 is 7.90. The molecule has 0 saturated heterocycles. The van der Waals surface area contributed by atoms with Gasteiger partial charge in [0.1, 0.15) is 5.58 Å². The van der Waals surface area contributed by atoms with Crippen molar-refractivity contribution >= 4 is 52.9 Å².